The van der Waals surface area contributed by atoms with Crippen LogP contribution in [0.25, 0.3) is 17.0 Å². The molecular formula is C19H21Cl2N5O4. The molecule has 1 aromatic heterocycles. The Morgan fingerprint density at radius 1 is 1.03 bits per heavy atom. The summed E-state index contributed by atoms with van der Waals surface area (Å²) in [6.45, 7) is 0. The summed E-state index contributed by atoms with van der Waals surface area (Å²) in [4.78, 5) is 24.8. The number of nitrogens with one attached hydrogen (secondary N) is 1. The number of fused-ring (bicyclic) bond motifs is 1. The van der Waals surface area contributed by atoms with Gasteiger partial charge in [0, 0.05) is 31.2 Å². The largest absolute Gasteiger partial charge is 0.397 e. The lowest BCUT2D eigenvalue weighted by Crippen LogP contribution is -2.01. The van der Waals surface area contributed by atoms with E-state index in [1.165, 1.54) is 12.1 Å². The van der Waals surface area contributed by atoms with E-state index in [-0.39, 0.29) is 23.7 Å². The summed E-state index contributed by atoms with van der Waals surface area (Å²) in [6.07, 6.45) is 4.92. The third-order valence-corrected chi connectivity index (χ3v) is 4.34. The lowest BCUT2D eigenvalue weighted by atomic mass is 10.1. The van der Waals surface area contributed by atoms with Crippen molar-refractivity contribution in [2.24, 2.45) is 0 Å². The van der Waals surface area contributed by atoms with Crippen LogP contribution in [0.15, 0.2) is 42.7 Å². The first-order valence-corrected chi connectivity index (χ1v) is 8.84. The maximum absolute atomic E-state index is 10.8. The number of aromatic nitrogens is 1. The van der Waals surface area contributed by atoms with E-state index in [4.69, 9.17) is 28.9 Å². The van der Waals surface area contributed by atoms with Crippen LogP contribution >= 0.6 is 23.2 Å². The van der Waals surface area contributed by atoms with Crippen LogP contribution in [0.2, 0.25) is 10.0 Å². The summed E-state index contributed by atoms with van der Waals surface area (Å²) < 4.78 is 0. The Balaban J connectivity index is 0.000000320. The number of nitro groups is 2. The Labute approximate surface area is 183 Å². The van der Waals surface area contributed by atoms with Gasteiger partial charge in [-0.25, -0.2) is 0 Å². The van der Waals surface area contributed by atoms with Gasteiger partial charge in [0.05, 0.1) is 32.2 Å². The Morgan fingerprint density at radius 2 is 1.67 bits per heavy atom. The standard InChI is InChI=1S/C10H10ClN3O4.C8H7ClN2.CH4/c1-12(2)4-3-7-5-8(11)10(14(17)18)6-9(7)13(15)16;9-6-3-5-1-2-11-8(5)4-7(6)10;/h3-6H,1-2H3;1-4,11H,10H2;1H4/b4-3+;;. The first-order valence-electron chi connectivity index (χ1n) is 8.09. The number of rotatable bonds is 4. The molecule has 0 aliphatic rings. The van der Waals surface area contributed by atoms with E-state index in [0.717, 1.165) is 17.0 Å². The molecule has 2 aromatic carbocycles. The van der Waals surface area contributed by atoms with Crippen LogP contribution in [-0.4, -0.2) is 33.8 Å². The molecule has 0 unspecified atom stereocenters. The number of H-pyrrole nitrogens is 1. The van der Waals surface area contributed by atoms with Crippen LogP contribution in [0.5, 0.6) is 0 Å². The Kier molecular flexibility index (Phi) is 8.63. The predicted octanol–water partition coefficient (Wildman–Crippen LogP) is 5.73. The molecule has 30 heavy (non-hydrogen) atoms. The van der Waals surface area contributed by atoms with Gasteiger partial charge < -0.3 is 15.6 Å². The molecule has 160 valence electrons. The van der Waals surface area contributed by atoms with Crippen molar-refractivity contribution in [3.8, 4) is 0 Å². The summed E-state index contributed by atoms with van der Waals surface area (Å²) in [5.41, 5.74) is 6.60. The normalized spacial score (nSPS) is 10.3. The monoisotopic (exact) mass is 453 g/mol. The number of nitrogens with two attached hydrogens (primary N) is 1. The fourth-order valence-corrected chi connectivity index (χ4v) is 2.73. The molecule has 0 fully saturated rings. The minimum Gasteiger partial charge on any atom is -0.397 e. The quantitative estimate of drug-likeness (QED) is 0.294. The van der Waals surface area contributed by atoms with Crippen LogP contribution in [0.1, 0.15) is 13.0 Å². The molecule has 9 nitrogen and oxygen atoms in total. The number of halogens is 2. The summed E-state index contributed by atoms with van der Waals surface area (Å²) in [5, 5.41) is 23.1. The zero-order valence-electron chi connectivity index (χ0n) is 15.4. The molecule has 3 aromatic rings. The minimum atomic E-state index is -0.755. The highest BCUT2D eigenvalue weighted by atomic mass is 35.5. The van der Waals surface area contributed by atoms with Gasteiger partial charge in [0.1, 0.15) is 5.02 Å². The lowest BCUT2D eigenvalue weighted by molar-refractivity contribution is -0.394. The van der Waals surface area contributed by atoms with Crippen LogP contribution < -0.4 is 5.73 Å². The number of nitrogens with zero attached hydrogens (tertiary/aromatic N) is 3. The van der Waals surface area contributed by atoms with E-state index < -0.39 is 15.5 Å². The number of aromatic amines is 1. The van der Waals surface area contributed by atoms with Gasteiger partial charge in [0.25, 0.3) is 11.4 Å². The van der Waals surface area contributed by atoms with Gasteiger partial charge in [-0.3, -0.25) is 20.2 Å². The molecule has 0 saturated heterocycles. The van der Waals surface area contributed by atoms with Gasteiger partial charge in [-0.2, -0.15) is 0 Å². The lowest BCUT2D eigenvalue weighted by Gasteiger charge is -2.04. The van der Waals surface area contributed by atoms with E-state index >= 15 is 0 Å². The van der Waals surface area contributed by atoms with Gasteiger partial charge in [-0.15, -0.1) is 0 Å². The van der Waals surface area contributed by atoms with Crippen LogP contribution in [-0.2, 0) is 0 Å². The first kappa shape index (κ1) is 24.7. The molecule has 0 saturated carbocycles. The second kappa shape index (κ2) is 10.5. The first-order chi connectivity index (χ1) is 13.6. The van der Waals surface area contributed by atoms with E-state index in [0.29, 0.717) is 10.7 Å². The van der Waals surface area contributed by atoms with Crippen LogP contribution in [0, 0.1) is 20.2 Å². The molecule has 0 radical (unpaired) electrons. The van der Waals surface area contributed by atoms with Crippen molar-refractivity contribution >= 4 is 57.2 Å². The van der Waals surface area contributed by atoms with Gasteiger partial charge in [0.15, 0.2) is 0 Å². The zero-order valence-corrected chi connectivity index (χ0v) is 16.9. The van der Waals surface area contributed by atoms with Crippen molar-refractivity contribution in [3.05, 3.63) is 78.6 Å². The summed E-state index contributed by atoms with van der Waals surface area (Å²) in [6, 6.07) is 7.70. The molecule has 0 amide bonds. The van der Waals surface area contributed by atoms with Gasteiger partial charge >= 0.3 is 0 Å². The minimum absolute atomic E-state index is 0. The van der Waals surface area contributed by atoms with E-state index in [1.54, 1.807) is 25.2 Å². The highest BCUT2D eigenvalue weighted by Crippen LogP contribution is 2.33. The number of hydrogen-bond acceptors (Lipinski definition) is 6. The highest BCUT2D eigenvalue weighted by molar-refractivity contribution is 6.34. The number of hydrogen-bond donors (Lipinski definition) is 2. The van der Waals surface area contributed by atoms with Gasteiger partial charge in [-0.05, 0) is 36.5 Å². The van der Waals surface area contributed by atoms with Crippen molar-refractivity contribution in [2.45, 2.75) is 7.43 Å². The number of anilines is 1. The Bertz CT molecular complexity index is 1060. The fraction of sp³-hybridized carbons (Fsp3) is 0.158. The summed E-state index contributed by atoms with van der Waals surface area (Å²) in [7, 11) is 3.49. The SMILES string of the molecule is C.CN(C)/C=C/c1cc(Cl)c([N+](=O)[O-])cc1[N+](=O)[O-].Nc1cc2[nH]ccc2cc1Cl. The molecule has 0 atom stereocenters. The molecular weight excluding hydrogens is 433 g/mol. The molecule has 1 heterocycles. The van der Waals surface area contributed by atoms with Crippen LogP contribution in [0.3, 0.4) is 0 Å². The van der Waals surface area contributed by atoms with Crippen molar-refractivity contribution in [1.82, 2.24) is 9.88 Å². The van der Waals surface area contributed by atoms with Crippen molar-refractivity contribution in [1.29, 1.82) is 0 Å². The van der Waals surface area contributed by atoms with Crippen LogP contribution in [0.4, 0.5) is 17.1 Å². The second-order valence-electron chi connectivity index (χ2n) is 6.09. The third-order valence-electron chi connectivity index (χ3n) is 3.71. The van der Waals surface area contributed by atoms with E-state index in [2.05, 4.69) is 4.98 Å². The predicted molar refractivity (Wildman–Crippen MR) is 122 cm³/mol. The molecule has 0 spiro atoms. The zero-order chi connectivity index (χ0) is 21.7. The van der Waals surface area contributed by atoms with Gasteiger partial charge in [0.2, 0.25) is 0 Å². The highest BCUT2D eigenvalue weighted by Gasteiger charge is 2.22. The average molecular weight is 454 g/mol. The maximum Gasteiger partial charge on any atom is 0.294 e. The molecule has 0 bridgehead atoms. The molecule has 0 aliphatic carbocycles. The van der Waals surface area contributed by atoms with Gasteiger partial charge in [-0.1, -0.05) is 30.6 Å². The summed E-state index contributed by atoms with van der Waals surface area (Å²) >= 11 is 11.5. The third kappa shape index (κ3) is 6.10. The maximum atomic E-state index is 10.8. The Hall–Kier alpha value is -3.30. The number of benzene rings is 2. The molecule has 0 aliphatic heterocycles. The van der Waals surface area contributed by atoms with E-state index in [1.807, 2.05) is 24.4 Å². The fourth-order valence-electron chi connectivity index (χ4n) is 2.32. The van der Waals surface area contributed by atoms with Crippen molar-refractivity contribution in [2.75, 3.05) is 19.8 Å². The van der Waals surface area contributed by atoms with E-state index in [9.17, 15) is 20.2 Å². The topological polar surface area (TPSA) is 131 Å². The average Bonchev–Trinajstić information content (AvgIpc) is 3.07. The molecule has 11 heteroatoms. The summed E-state index contributed by atoms with van der Waals surface area (Å²) in [5.74, 6) is 0. The number of nitrogen functional groups attached to an aromatic ring is 1. The molecule has 3 rings (SSSR count). The second-order valence-corrected chi connectivity index (χ2v) is 6.91. The number of nitro benzene ring substituents is 2. The molecule has 3 N–H and O–H groups in total. The Morgan fingerprint density at radius 3 is 2.23 bits per heavy atom. The van der Waals surface area contributed by atoms with Crippen molar-refractivity contribution < 1.29 is 9.85 Å². The smallest absolute Gasteiger partial charge is 0.294 e. The van der Waals surface area contributed by atoms with Crippen molar-refractivity contribution in [3.63, 3.8) is 0 Å².